The van der Waals surface area contributed by atoms with Gasteiger partial charge in [-0.15, -0.1) is 11.3 Å². The predicted molar refractivity (Wildman–Crippen MR) is 84.6 cm³/mol. The van der Waals surface area contributed by atoms with Gasteiger partial charge in [0.05, 0.1) is 9.58 Å². The first kappa shape index (κ1) is 13.2. The lowest BCUT2D eigenvalue weighted by atomic mass is 9.79. The van der Waals surface area contributed by atoms with Crippen molar-refractivity contribution < 1.29 is 4.79 Å². The Kier molecular flexibility index (Phi) is 3.19. The van der Waals surface area contributed by atoms with E-state index in [1.165, 1.54) is 37.3 Å². The number of hydrogen-bond acceptors (Lipinski definition) is 4. The molecule has 4 nitrogen and oxygen atoms in total. The quantitative estimate of drug-likeness (QED) is 0.927. The van der Waals surface area contributed by atoms with Gasteiger partial charge in [-0.05, 0) is 56.3 Å². The fraction of sp³-hybridized carbons (Fsp3) is 0.500. The fourth-order valence-electron chi connectivity index (χ4n) is 3.76. The molecule has 3 fully saturated rings. The molecule has 0 radical (unpaired) electrons. The molecule has 5 rings (SSSR count). The summed E-state index contributed by atoms with van der Waals surface area (Å²) in [4.78, 5) is 20.0. The molecule has 0 aliphatic carbocycles. The van der Waals surface area contributed by atoms with Crippen molar-refractivity contribution >= 4 is 27.3 Å². The molecule has 21 heavy (non-hydrogen) atoms. The summed E-state index contributed by atoms with van der Waals surface area (Å²) < 4.78 is 1.07. The standard InChI is InChI=1S/C16H19N3OS/c1-10-15(11-3-6-19(10)7-4-11)18-16(20)13-8-12-2-5-17-9-14(12)21-13/h2,5,8-11,15H,3-4,6-7H2,1H3,(H,18,20)/t10-,15-/m0/s1. The lowest BCUT2D eigenvalue weighted by Crippen LogP contribution is -2.62. The lowest BCUT2D eigenvalue weighted by molar-refractivity contribution is 0.0218. The molecule has 0 aromatic carbocycles. The molecule has 2 atom stereocenters. The van der Waals surface area contributed by atoms with Crippen molar-refractivity contribution in [2.45, 2.75) is 31.8 Å². The summed E-state index contributed by atoms with van der Waals surface area (Å²) in [5, 5.41) is 4.39. The Balaban J connectivity index is 1.55. The maximum Gasteiger partial charge on any atom is 0.261 e. The summed E-state index contributed by atoms with van der Waals surface area (Å²) in [6.45, 7) is 4.62. The number of nitrogens with one attached hydrogen (secondary N) is 1. The summed E-state index contributed by atoms with van der Waals surface area (Å²) in [5.74, 6) is 0.715. The molecule has 0 unspecified atom stereocenters. The van der Waals surface area contributed by atoms with E-state index in [9.17, 15) is 4.79 Å². The highest BCUT2D eigenvalue weighted by Gasteiger charge is 2.40. The maximum atomic E-state index is 12.6. The number of aromatic nitrogens is 1. The van der Waals surface area contributed by atoms with Crippen molar-refractivity contribution in [1.29, 1.82) is 0 Å². The number of pyridine rings is 1. The second-order valence-electron chi connectivity index (χ2n) is 6.14. The minimum atomic E-state index is 0.0711. The zero-order valence-corrected chi connectivity index (χ0v) is 12.9. The van der Waals surface area contributed by atoms with Gasteiger partial charge in [0.1, 0.15) is 0 Å². The third-order valence-corrected chi connectivity index (χ3v) is 6.11. The molecule has 2 aromatic heterocycles. The number of nitrogens with zero attached hydrogens (tertiary/aromatic N) is 2. The Morgan fingerprint density at radius 3 is 2.95 bits per heavy atom. The molecule has 0 spiro atoms. The third-order valence-electron chi connectivity index (χ3n) is 5.02. The van der Waals surface area contributed by atoms with Crippen molar-refractivity contribution in [3.05, 3.63) is 29.4 Å². The summed E-state index contributed by atoms with van der Waals surface area (Å²) in [6.07, 6.45) is 6.02. The Bertz CT molecular complexity index is 640. The fourth-order valence-corrected chi connectivity index (χ4v) is 4.70. The van der Waals surface area contributed by atoms with Crippen LogP contribution in [0.5, 0.6) is 0 Å². The summed E-state index contributed by atoms with van der Waals surface area (Å²) in [7, 11) is 0. The number of piperidine rings is 3. The monoisotopic (exact) mass is 301 g/mol. The van der Waals surface area contributed by atoms with Crippen molar-refractivity contribution in [3.8, 4) is 0 Å². The van der Waals surface area contributed by atoms with Crippen LogP contribution in [-0.4, -0.2) is 41.0 Å². The first-order chi connectivity index (χ1) is 10.2. The molecular formula is C16H19N3OS. The smallest absolute Gasteiger partial charge is 0.261 e. The largest absolute Gasteiger partial charge is 0.347 e. The number of fused-ring (bicyclic) bond motifs is 4. The van der Waals surface area contributed by atoms with Gasteiger partial charge in [-0.3, -0.25) is 14.7 Å². The van der Waals surface area contributed by atoms with Gasteiger partial charge in [0.2, 0.25) is 0 Å². The van der Waals surface area contributed by atoms with Crippen LogP contribution in [0.4, 0.5) is 0 Å². The molecule has 3 aliphatic heterocycles. The van der Waals surface area contributed by atoms with E-state index in [2.05, 4.69) is 22.1 Å². The average molecular weight is 301 g/mol. The van der Waals surface area contributed by atoms with Gasteiger partial charge in [-0.1, -0.05) is 0 Å². The number of carbonyl (C=O) groups is 1. The minimum Gasteiger partial charge on any atom is -0.347 e. The first-order valence-electron chi connectivity index (χ1n) is 7.61. The number of hydrogen-bond donors (Lipinski definition) is 1. The van der Waals surface area contributed by atoms with Crippen LogP contribution >= 0.6 is 11.3 Å². The Morgan fingerprint density at radius 1 is 1.43 bits per heavy atom. The van der Waals surface area contributed by atoms with E-state index in [4.69, 9.17) is 0 Å². The van der Waals surface area contributed by atoms with Crippen LogP contribution in [0.1, 0.15) is 29.4 Å². The molecule has 110 valence electrons. The van der Waals surface area contributed by atoms with Crippen molar-refractivity contribution in [2.75, 3.05) is 13.1 Å². The Morgan fingerprint density at radius 2 is 2.24 bits per heavy atom. The highest BCUT2D eigenvalue weighted by molar-refractivity contribution is 7.20. The van der Waals surface area contributed by atoms with Crippen LogP contribution in [-0.2, 0) is 0 Å². The highest BCUT2D eigenvalue weighted by atomic mass is 32.1. The van der Waals surface area contributed by atoms with E-state index in [1.807, 2.05) is 18.3 Å². The topological polar surface area (TPSA) is 45.2 Å². The lowest BCUT2D eigenvalue weighted by Gasteiger charge is -2.49. The number of amides is 1. The molecule has 5 heterocycles. The van der Waals surface area contributed by atoms with Gasteiger partial charge >= 0.3 is 0 Å². The first-order valence-corrected chi connectivity index (χ1v) is 8.42. The van der Waals surface area contributed by atoms with Gasteiger partial charge in [0, 0.05) is 24.5 Å². The van der Waals surface area contributed by atoms with Gasteiger partial charge in [-0.25, -0.2) is 0 Å². The molecule has 5 heteroatoms. The normalized spacial score (nSPS) is 31.5. The van der Waals surface area contributed by atoms with E-state index in [0.29, 0.717) is 18.0 Å². The molecule has 0 saturated carbocycles. The SMILES string of the molecule is C[C@H]1[C@H](NC(=O)c2cc3ccncc3s2)C2CCN1CC2. The third kappa shape index (κ3) is 2.24. The summed E-state index contributed by atoms with van der Waals surface area (Å²) >= 11 is 1.53. The molecule has 2 bridgehead atoms. The van der Waals surface area contributed by atoms with E-state index in [0.717, 1.165) is 15.0 Å². The predicted octanol–water partition coefficient (Wildman–Crippen LogP) is 2.51. The van der Waals surface area contributed by atoms with Gasteiger partial charge < -0.3 is 5.32 Å². The zero-order valence-electron chi connectivity index (χ0n) is 12.1. The van der Waals surface area contributed by atoms with Crippen molar-refractivity contribution in [2.24, 2.45) is 5.92 Å². The number of carbonyl (C=O) groups excluding carboxylic acids is 1. The van der Waals surface area contributed by atoms with Crippen LogP contribution < -0.4 is 5.32 Å². The number of rotatable bonds is 2. The number of thiophene rings is 1. The zero-order chi connectivity index (χ0) is 14.4. The van der Waals surface area contributed by atoms with E-state index < -0.39 is 0 Å². The molecule has 1 amide bonds. The van der Waals surface area contributed by atoms with Crippen LogP contribution in [0.25, 0.3) is 10.1 Å². The maximum absolute atomic E-state index is 12.6. The second kappa shape index (κ2) is 5.07. The van der Waals surface area contributed by atoms with E-state index in [1.54, 1.807) is 6.20 Å². The van der Waals surface area contributed by atoms with Crippen LogP contribution in [0, 0.1) is 5.92 Å². The van der Waals surface area contributed by atoms with E-state index in [-0.39, 0.29) is 5.91 Å². The van der Waals surface area contributed by atoms with Crippen molar-refractivity contribution in [3.63, 3.8) is 0 Å². The van der Waals surface area contributed by atoms with Gasteiger partial charge in [0.15, 0.2) is 0 Å². The molecular weight excluding hydrogens is 282 g/mol. The summed E-state index contributed by atoms with van der Waals surface area (Å²) in [6, 6.07) is 4.68. The Labute approximate surface area is 128 Å². The minimum absolute atomic E-state index is 0.0711. The van der Waals surface area contributed by atoms with Crippen LogP contribution in [0.15, 0.2) is 24.5 Å². The molecule has 3 aliphatic rings. The molecule has 3 saturated heterocycles. The van der Waals surface area contributed by atoms with Crippen LogP contribution in [0.2, 0.25) is 0 Å². The van der Waals surface area contributed by atoms with E-state index >= 15 is 0 Å². The van der Waals surface area contributed by atoms with Crippen molar-refractivity contribution in [1.82, 2.24) is 15.2 Å². The molecule has 2 aromatic rings. The van der Waals surface area contributed by atoms with Crippen LogP contribution in [0.3, 0.4) is 0 Å². The average Bonchev–Trinajstić information content (AvgIpc) is 2.95. The summed E-state index contributed by atoms with van der Waals surface area (Å²) in [5.41, 5.74) is 0. The second-order valence-corrected chi connectivity index (χ2v) is 7.22. The van der Waals surface area contributed by atoms with Gasteiger partial charge in [-0.2, -0.15) is 0 Å². The Hall–Kier alpha value is -1.46. The highest BCUT2D eigenvalue weighted by Crippen LogP contribution is 2.32. The van der Waals surface area contributed by atoms with Gasteiger partial charge in [0.25, 0.3) is 5.91 Å². The molecule has 1 N–H and O–H groups in total.